The fraction of sp³-hybridized carbons (Fsp3) is 0.263. The van der Waals surface area contributed by atoms with Gasteiger partial charge >= 0.3 is 0 Å². The summed E-state index contributed by atoms with van der Waals surface area (Å²) in [5, 5.41) is 2.64. The Morgan fingerprint density at radius 3 is 2.85 bits per heavy atom. The number of fused-ring (bicyclic) bond motifs is 1. The van der Waals surface area contributed by atoms with E-state index < -0.39 is 18.8 Å². The molecule has 1 aromatic carbocycles. The van der Waals surface area contributed by atoms with Crippen LogP contribution in [0.1, 0.15) is 6.42 Å². The molecule has 0 unspecified atom stereocenters. The summed E-state index contributed by atoms with van der Waals surface area (Å²) in [4.78, 5) is 16.2. The number of aromatic nitrogens is 2. The molecule has 2 heterocycles. The molecule has 0 saturated heterocycles. The molecule has 1 saturated carbocycles. The van der Waals surface area contributed by atoms with Crippen molar-refractivity contribution >= 4 is 17.4 Å². The number of nitrogens with one attached hydrogen (secondary N) is 1. The lowest BCUT2D eigenvalue weighted by atomic mass is 10.1. The highest BCUT2D eigenvalue weighted by Gasteiger charge is 2.43. The number of rotatable bonds is 6. The summed E-state index contributed by atoms with van der Waals surface area (Å²) >= 11 is 0. The van der Waals surface area contributed by atoms with Crippen LogP contribution in [0, 0.1) is 5.92 Å². The number of halogens is 2. The van der Waals surface area contributed by atoms with Gasteiger partial charge < -0.3 is 14.5 Å². The Morgan fingerprint density at radius 2 is 2.08 bits per heavy atom. The van der Waals surface area contributed by atoms with E-state index in [0.717, 1.165) is 11.1 Å². The summed E-state index contributed by atoms with van der Waals surface area (Å²) in [7, 11) is 0. The van der Waals surface area contributed by atoms with Gasteiger partial charge in [0.25, 0.3) is 0 Å². The van der Waals surface area contributed by atoms with Crippen molar-refractivity contribution in [1.82, 2.24) is 9.38 Å². The number of nitrogens with zero attached hydrogens (tertiary/aromatic N) is 2. The first-order valence-electron chi connectivity index (χ1n) is 8.37. The van der Waals surface area contributed by atoms with Crippen LogP contribution in [-0.4, -0.2) is 34.7 Å². The molecule has 0 bridgehead atoms. The number of carbonyl (C=O) groups excluding carboxylic acids is 1. The standard InChI is InChI=1S/C19H17F2N3O2/c20-7-8-26-16-4-2-1-3-13(16)12-5-6-18-22-17(11-24(18)10-12)23-19(25)14-9-15(14)21/h1-6,10-11,14-15H,7-9H2,(H,23,25)/t14-,15+/m1/s1/i20-1. The van der Waals surface area contributed by atoms with Crippen molar-refractivity contribution in [3.05, 3.63) is 48.8 Å². The summed E-state index contributed by atoms with van der Waals surface area (Å²) in [6.07, 6.45) is 2.76. The van der Waals surface area contributed by atoms with Gasteiger partial charge in [0.05, 0.1) is 12.1 Å². The highest BCUT2D eigenvalue weighted by Crippen LogP contribution is 2.35. The second-order valence-electron chi connectivity index (χ2n) is 6.19. The predicted octanol–water partition coefficient (Wildman–Crippen LogP) is 3.65. The molecular weight excluding hydrogens is 339 g/mol. The third-order valence-electron chi connectivity index (χ3n) is 4.28. The molecule has 3 aromatic rings. The van der Waals surface area contributed by atoms with E-state index in [9.17, 15) is 13.6 Å². The van der Waals surface area contributed by atoms with Crippen LogP contribution in [0.15, 0.2) is 48.8 Å². The number of benzene rings is 1. The van der Waals surface area contributed by atoms with Crippen molar-refractivity contribution in [3.8, 4) is 16.9 Å². The molecule has 7 heteroatoms. The van der Waals surface area contributed by atoms with Gasteiger partial charge in [0.2, 0.25) is 5.91 Å². The molecular formula is C19H17F2N3O2. The number of hydrogen-bond acceptors (Lipinski definition) is 3. The minimum atomic E-state index is -1.04. The van der Waals surface area contributed by atoms with Gasteiger partial charge in [0.1, 0.15) is 30.8 Å². The number of anilines is 1. The molecule has 4 rings (SSSR count). The molecule has 1 aliphatic carbocycles. The van der Waals surface area contributed by atoms with Crippen molar-refractivity contribution in [1.29, 1.82) is 0 Å². The Labute approximate surface area is 148 Å². The molecule has 26 heavy (non-hydrogen) atoms. The molecule has 2 aromatic heterocycles. The first-order valence-corrected chi connectivity index (χ1v) is 8.37. The van der Waals surface area contributed by atoms with Gasteiger partial charge in [-0.3, -0.25) is 4.79 Å². The molecule has 0 spiro atoms. The first-order chi connectivity index (χ1) is 12.7. The molecule has 2 atom stereocenters. The molecule has 134 valence electrons. The van der Waals surface area contributed by atoms with Gasteiger partial charge in [-0.1, -0.05) is 18.2 Å². The summed E-state index contributed by atoms with van der Waals surface area (Å²) in [6, 6.07) is 11.1. The fourth-order valence-corrected chi connectivity index (χ4v) is 2.85. The number of amides is 1. The smallest absolute Gasteiger partial charge is 0.231 e. The van der Waals surface area contributed by atoms with Gasteiger partial charge in [-0.05, 0) is 24.6 Å². The van der Waals surface area contributed by atoms with Crippen molar-refractivity contribution in [3.63, 3.8) is 0 Å². The van der Waals surface area contributed by atoms with Crippen LogP contribution in [0.5, 0.6) is 5.75 Å². The average Bonchev–Trinajstić information content (AvgIpc) is 3.25. The molecule has 1 aliphatic rings. The van der Waals surface area contributed by atoms with Crippen LogP contribution in [0.2, 0.25) is 0 Å². The summed E-state index contributed by atoms with van der Waals surface area (Å²) in [6.45, 7) is -0.560. The van der Waals surface area contributed by atoms with E-state index in [2.05, 4.69) is 10.3 Å². The van der Waals surface area contributed by atoms with E-state index in [-0.39, 0.29) is 18.9 Å². The van der Waals surface area contributed by atoms with E-state index >= 15 is 0 Å². The highest BCUT2D eigenvalue weighted by atomic mass is 19.1. The average molecular weight is 356 g/mol. The zero-order valence-corrected chi connectivity index (χ0v) is 13.9. The fourth-order valence-electron chi connectivity index (χ4n) is 2.85. The lowest BCUT2D eigenvalue weighted by Gasteiger charge is -2.10. The normalized spacial score (nSPS) is 18.7. The maximum Gasteiger partial charge on any atom is 0.231 e. The molecule has 1 fully saturated rings. The number of hydrogen-bond donors (Lipinski definition) is 1. The molecule has 0 aliphatic heterocycles. The van der Waals surface area contributed by atoms with Gasteiger partial charge in [0.15, 0.2) is 5.82 Å². The monoisotopic (exact) mass is 356 g/mol. The minimum Gasteiger partial charge on any atom is -0.490 e. The van der Waals surface area contributed by atoms with Gasteiger partial charge in [-0.15, -0.1) is 0 Å². The number of para-hydroxylation sites is 1. The quantitative estimate of drug-likeness (QED) is 0.734. The number of imidazole rings is 1. The molecule has 1 N–H and O–H groups in total. The zero-order valence-electron chi connectivity index (χ0n) is 13.9. The molecule has 5 nitrogen and oxygen atoms in total. The summed E-state index contributed by atoms with van der Waals surface area (Å²) in [5.74, 6) is 0.0788. The van der Waals surface area contributed by atoms with E-state index in [1.54, 1.807) is 16.7 Å². The van der Waals surface area contributed by atoms with E-state index in [4.69, 9.17) is 4.74 Å². The Hall–Kier alpha value is -2.96. The van der Waals surface area contributed by atoms with Crippen LogP contribution in [0.3, 0.4) is 0 Å². The third-order valence-corrected chi connectivity index (χ3v) is 4.28. The second kappa shape index (κ2) is 6.74. The number of carbonyl (C=O) groups is 1. The highest BCUT2D eigenvalue weighted by molar-refractivity contribution is 5.94. The van der Waals surface area contributed by atoms with Crippen LogP contribution < -0.4 is 10.1 Å². The second-order valence-corrected chi connectivity index (χ2v) is 6.19. The van der Waals surface area contributed by atoms with Crippen LogP contribution in [0.4, 0.5) is 14.6 Å². The van der Waals surface area contributed by atoms with E-state index in [0.29, 0.717) is 17.2 Å². The van der Waals surface area contributed by atoms with E-state index in [1.165, 1.54) is 0 Å². The van der Waals surface area contributed by atoms with Crippen molar-refractivity contribution in [2.45, 2.75) is 12.6 Å². The maximum atomic E-state index is 13.0. The molecule has 0 radical (unpaired) electrons. The van der Waals surface area contributed by atoms with Crippen LogP contribution in [0.25, 0.3) is 16.8 Å². The lowest BCUT2D eigenvalue weighted by molar-refractivity contribution is -0.117. The first kappa shape index (κ1) is 16.5. The number of alkyl halides is 2. The topological polar surface area (TPSA) is 55.6 Å². The van der Waals surface area contributed by atoms with E-state index in [1.807, 2.05) is 36.5 Å². The van der Waals surface area contributed by atoms with Crippen LogP contribution in [-0.2, 0) is 4.79 Å². The number of pyridine rings is 1. The van der Waals surface area contributed by atoms with Crippen molar-refractivity contribution in [2.75, 3.05) is 18.6 Å². The summed E-state index contributed by atoms with van der Waals surface area (Å²) < 4.78 is 32.6. The lowest BCUT2D eigenvalue weighted by Crippen LogP contribution is -2.15. The predicted molar refractivity (Wildman–Crippen MR) is 93.7 cm³/mol. The number of ether oxygens (including phenoxy) is 1. The maximum absolute atomic E-state index is 13.0. The van der Waals surface area contributed by atoms with Gasteiger partial charge in [-0.25, -0.2) is 13.8 Å². The Kier molecular flexibility index (Phi) is 4.28. The van der Waals surface area contributed by atoms with Crippen molar-refractivity contribution < 1.29 is 18.3 Å². The summed E-state index contributed by atoms with van der Waals surface area (Å²) in [5.41, 5.74) is 2.35. The minimum absolute atomic E-state index is 0.00273. The Morgan fingerprint density at radius 1 is 1.27 bits per heavy atom. The molecule has 1 amide bonds. The Balaban J connectivity index is 1.61. The zero-order chi connectivity index (χ0) is 18.1. The third kappa shape index (κ3) is 3.24. The van der Waals surface area contributed by atoms with Gasteiger partial charge in [-0.2, -0.15) is 0 Å². The van der Waals surface area contributed by atoms with Gasteiger partial charge in [0, 0.05) is 17.3 Å². The van der Waals surface area contributed by atoms with Crippen LogP contribution >= 0.6 is 0 Å². The Bertz CT molecular complexity index is 957. The SMILES string of the molecule is O=C(Nc1cn2cc(-c3ccccc3OCC[18F])ccc2n1)[C@@H]1C[C@@H]1F. The van der Waals surface area contributed by atoms with Crippen molar-refractivity contribution in [2.24, 2.45) is 5.92 Å². The largest absolute Gasteiger partial charge is 0.490 e.